The first-order valence-electron chi connectivity index (χ1n) is 8.11. The number of hydrogen-bond donors (Lipinski definition) is 0. The van der Waals surface area contributed by atoms with E-state index < -0.39 is 0 Å². The van der Waals surface area contributed by atoms with Crippen LogP contribution < -0.4 is 0 Å². The van der Waals surface area contributed by atoms with Crippen LogP contribution in [-0.4, -0.2) is 5.97 Å². The third-order valence-electron chi connectivity index (χ3n) is 4.10. The van der Waals surface area contributed by atoms with Gasteiger partial charge in [0, 0.05) is 5.56 Å². The number of aryl methyl sites for hydroxylation is 1. The second kappa shape index (κ2) is 8.08. The van der Waals surface area contributed by atoms with Crippen molar-refractivity contribution in [3.8, 4) is 0 Å². The summed E-state index contributed by atoms with van der Waals surface area (Å²) in [5.74, 6) is -0.129. The molecule has 1 heterocycles. The molecule has 110 valence electrons. The Morgan fingerprint density at radius 2 is 1.70 bits per heavy atom. The van der Waals surface area contributed by atoms with Crippen molar-refractivity contribution in [1.29, 1.82) is 0 Å². The summed E-state index contributed by atoms with van der Waals surface area (Å²) in [5.41, 5.74) is 3.08. The minimum Gasteiger partial charge on any atom is -0.457 e. The highest BCUT2D eigenvalue weighted by Crippen LogP contribution is 2.25. The Balaban J connectivity index is 1.68. The molecule has 1 aliphatic heterocycles. The van der Waals surface area contributed by atoms with E-state index in [9.17, 15) is 4.79 Å². The molecular formula is C18H26O2. The van der Waals surface area contributed by atoms with Gasteiger partial charge in [-0.15, -0.1) is 0 Å². The van der Waals surface area contributed by atoms with E-state index in [4.69, 9.17) is 4.74 Å². The van der Waals surface area contributed by atoms with Crippen molar-refractivity contribution in [3.05, 3.63) is 34.9 Å². The minimum atomic E-state index is -0.129. The van der Waals surface area contributed by atoms with Gasteiger partial charge in [0.15, 0.2) is 0 Å². The van der Waals surface area contributed by atoms with Crippen molar-refractivity contribution >= 4 is 5.97 Å². The molecule has 0 saturated heterocycles. The number of rotatable bonds is 9. The van der Waals surface area contributed by atoms with E-state index in [2.05, 4.69) is 13.0 Å². The molecule has 0 fully saturated rings. The molecule has 1 aliphatic rings. The van der Waals surface area contributed by atoms with E-state index in [1.54, 1.807) is 0 Å². The van der Waals surface area contributed by atoms with Gasteiger partial charge in [-0.3, -0.25) is 0 Å². The zero-order chi connectivity index (χ0) is 14.2. The number of esters is 1. The summed E-state index contributed by atoms with van der Waals surface area (Å²) in [4.78, 5) is 11.7. The molecule has 0 aliphatic carbocycles. The van der Waals surface area contributed by atoms with Crippen LogP contribution in [0.2, 0.25) is 0 Å². The largest absolute Gasteiger partial charge is 0.457 e. The zero-order valence-electron chi connectivity index (χ0n) is 12.6. The van der Waals surface area contributed by atoms with Gasteiger partial charge in [0.2, 0.25) is 0 Å². The molecule has 2 nitrogen and oxygen atoms in total. The summed E-state index contributed by atoms with van der Waals surface area (Å²) in [6.07, 6.45) is 11.6. The van der Waals surface area contributed by atoms with Crippen LogP contribution >= 0.6 is 0 Å². The highest BCUT2D eigenvalue weighted by atomic mass is 16.5. The molecule has 0 amide bonds. The van der Waals surface area contributed by atoms with Crippen molar-refractivity contribution in [2.45, 2.75) is 71.3 Å². The van der Waals surface area contributed by atoms with E-state index in [-0.39, 0.29) is 5.97 Å². The molecule has 1 aromatic rings. The molecule has 0 bridgehead atoms. The Morgan fingerprint density at radius 1 is 1.00 bits per heavy atom. The smallest absolute Gasteiger partial charge is 0.339 e. The van der Waals surface area contributed by atoms with Crippen LogP contribution in [0, 0.1) is 0 Å². The molecule has 1 aromatic carbocycles. The maximum Gasteiger partial charge on any atom is 0.339 e. The minimum absolute atomic E-state index is 0.129. The lowest BCUT2D eigenvalue weighted by molar-refractivity contribution is 0.0534. The summed E-state index contributed by atoms with van der Waals surface area (Å²) in [7, 11) is 0. The predicted octanol–water partition coefficient (Wildman–Crippen LogP) is 5.04. The van der Waals surface area contributed by atoms with Crippen LogP contribution in [0.25, 0.3) is 0 Å². The van der Waals surface area contributed by atoms with Crippen molar-refractivity contribution in [2.75, 3.05) is 0 Å². The highest BCUT2D eigenvalue weighted by molar-refractivity contribution is 5.94. The maximum atomic E-state index is 11.7. The summed E-state index contributed by atoms with van der Waals surface area (Å²) >= 11 is 0. The Bertz CT molecular complexity index is 437. The number of ether oxygens (including phenoxy) is 1. The number of benzene rings is 1. The molecule has 0 radical (unpaired) electrons. The Kier molecular flexibility index (Phi) is 6.10. The Morgan fingerprint density at radius 3 is 2.45 bits per heavy atom. The molecule has 0 N–H and O–H groups in total. The third kappa shape index (κ3) is 4.09. The Labute approximate surface area is 122 Å². The molecule has 0 aromatic heterocycles. The number of hydrogen-bond acceptors (Lipinski definition) is 2. The Hall–Kier alpha value is -1.31. The first kappa shape index (κ1) is 15.1. The van der Waals surface area contributed by atoms with Gasteiger partial charge in [0.25, 0.3) is 0 Å². The lowest BCUT2D eigenvalue weighted by Crippen LogP contribution is -2.00. The molecule has 0 unspecified atom stereocenters. The van der Waals surface area contributed by atoms with Gasteiger partial charge >= 0.3 is 5.97 Å². The van der Waals surface area contributed by atoms with Gasteiger partial charge in [-0.2, -0.15) is 0 Å². The second-order valence-electron chi connectivity index (χ2n) is 5.75. The molecule has 0 spiro atoms. The average Bonchev–Trinajstić information content (AvgIpc) is 2.84. The van der Waals surface area contributed by atoms with Gasteiger partial charge in [-0.25, -0.2) is 4.79 Å². The van der Waals surface area contributed by atoms with Crippen LogP contribution in [0.3, 0.4) is 0 Å². The normalized spacial score (nSPS) is 13.3. The SMILES string of the molecule is CCCCCCCCCCc1cccc2c1C(=O)OC2. The van der Waals surface area contributed by atoms with Crippen LogP contribution in [0.15, 0.2) is 18.2 Å². The summed E-state index contributed by atoms with van der Waals surface area (Å²) in [5, 5.41) is 0. The van der Waals surface area contributed by atoms with Crippen molar-refractivity contribution < 1.29 is 9.53 Å². The van der Waals surface area contributed by atoms with Crippen molar-refractivity contribution in [1.82, 2.24) is 0 Å². The lowest BCUT2D eigenvalue weighted by Gasteiger charge is -2.05. The van der Waals surface area contributed by atoms with Crippen LogP contribution in [0.5, 0.6) is 0 Å². The van der Waals surface area contributed by atoms with E-state index in [0.717, 1.165) is 17.5 Å². The number of fused-ring (bicyclic) bond motifs is 1. The molecule has 2 rings (SSSR count). The topological polar surface area (TPSA) is 26.3 Å². The number of carbonyl (C=O) groups excluding carboxylic acids is 1. The standard InChI is InChI=1S/C18H26O2/c1-2-3-4-5-6-7-8-9-11-15-12-10-13-16-14-20-18(19)17(15)16/h10,12-13H,2-9,11,14H2,1H3. The lowest BCUT2D eigenvalue weighted by atomic mass is 9.97. The number of carbonyl (C=O) groups is 1. The fourth-order valence-corrected chi connectivity index (χ4v) is 2.91. The quantitative estimate of drug-likeness (QED) is 0.466. The fraction of sp³-hybridized carbons (Fsp3) is 0.611. The highest BCUT2D eigenvalue weighted by Gasteiger charge is 2.23. The van der Waals surface area contributed by atoms with Gasteiger partial charge in [-0.05, 0) is 18.4 Å². The van der Waals surface area contributed by atoms with Crippen molar-refractivity contribution in [3.63, 3.8) is 0 Å². The first-order valence-corrected chi connectivity index (χ1v) is 8.11. The zero-order valence-corrected chi connectivity index (χ0v) is 12.6. The summed E-state index contributed by atoms with van der Waals surface area (Å²) in [6, 6.07) is 6.12. The van der Waals surface area contributed by atoms with E-state index in [1.165, 1.54) is 56.9 Å². The van der Waals surface area contributed by atoms with Gasteiger partial charge < -0.3 is 4.74 Å². The van der Waals surface area contributed by atoms with E-state index >= 15 is 0 Å². The van der Waals surface area contributed by atoms with Crippen molar-refractivity contribution in [2.24, 2.45) is 0 Å². The average molecular weight is 274 g/mol. The van der Waals surface area contributed by atoms with Gasteiger partial charge in [0.05, 0.1) is 5.56 Å². The number of unbranched alkanes of at least 4 members (excludes halogenated alkanes) is 7. The van der Waals surface area contributed by atoms with Gasteiger partial charge in [0.1, 0.15) is 6.61 Å². The van der Waals surface area contributed by atoms with E-state index in [0.29, 0.717) is 6.61 Å². The first-order chi connectivity index (χ1) is 9.83. The number of cyclic esters (lactones) is 1. The van der Waals surface area contributed by atoms with Crippen LogP contribution in [0.1, 0.15) is 79.8 Å². The monoisotopic (exact) mass is 274 g/mol. The molecular weight excluding hydrogens is 248 g/mol. The van der Waals surface area contributed by atoms with Gasteiger partial charge in [-0.1, -0.05) is 70.1 Å². The molecule has 0 saturated carbocycles. The molecule has 20 heavy (non-hydrogen) atoms. The summed E-state index contributed by atoms with van der Waals surface area (Å²) < 4.78 is 5.11. The fourth-order valence-electron chi connectivity index (χ4n) is 2.91. The van der Waals surface area contributed by atoms with E-state index in [1.807, 2.05) is 12.1 Å². The van der Waals surface area contributed by atoms with Crippen LogP contribution in [0.4, 0.5) is 0 Å². The summed E-state index contributed by atoms with van der Waals surface area (Å²) in [6.45, 7) is 2.71. The predicted molar refractivity (Wildman–Crippen MR) is 81.9 cm³/mol. The third-order valence-corrected chi connectivity index (χ3v) is 4.10. The molecule has 2 heteroatoms. The van der Waals surface area contributed by atoms with Crippen LogP contribution in [-0.2, 0) is 17.8 Å². The maximum absolute atomic E-state index is 11.7. The second-order valence-corrected chi connectivity index (χ2v) is 5.75. The molecule has 0 atom stereocenters.